The number of hydrogen-bond donors (Lipinski definition) is 1. The molecule has 0 atom stereocenters. The minimum atomic E-state index is -0.422. The van der Waals surface area contributed by atoms with Gasteiger partial charge in [0.25, 0.3) is 0 Å². The van der Waals surface area contributed by atoms with Crippen LogP contribution in [0.25, 0.3) is 0 Å². The minimum absolute atomic E-state index is 0.362. The van der Waals surface area contributed by atoms with Crippen molar-refractivity contribution in [1.82, 2.24) is 4.98 Å². The first-order valence-electron chi connectivity index (χ1n) is 5.87. The fourth-order valence-corrected chi connectivity index (χ4v) is 1.92. The topological polar surface area (TPSA) is 24.9 Å². The second kappa shape index (κ2) is 6.10. The number of halogens is 3. The Morgan fingerprint density at radius 3 is 2.74 bits per heavy atom. The van der Waals surface area contributed by atoms with Crippen LogP contribution in [0.4, 0.5) is 14.6 Å². The van der Waals surface area contributed by atoms with Gasteiger partial charge in [-0.2, -0.15) is 0 Å². The highest BCUT2D eigenvalue weighted by Gasteiger charge is 2.04. The number of hydrogen-bond acceptors (Lipinski definition) is 2. The fraction of sp³-hybridized carbons (Fsp3) is 0.214. The Morgan fingerprint density at radius 1 is 1.21 bits per heavy atom. The molecule has 1 heterocycles. The molecule has 0 aliphatic rings. The van der Waals surface area contributed by atoms with Crippen molar-refractivity contribution in [3.8, 4) is 0 Å². The third-order valence-electron chi connectivity index (χ3n) is 2.73. The van der Waals surface area contributed by atoms with Gasteiger partial charge >= 0.3 is 0 Å². The molecule has 2 aromatic rings. The maximum atomic E-state index is 13.4. The van der Waals surface area contributed by atoms with Gasteiger partial charge in [0, 0.05) is 11.0 Å². The van der Waals surface area contributed by atoms with E-state index in [0.29, 0.717) is 18.5 Å². The summed E-state index contributed by atoms with van der Waals surface area (Å²) in [5, 5.41) is 3.09. The average Bonchev–Trinajstić information content (AvgIpc) is 2.38. The van der Waals surface area contributed by atoms with E-state index in [1.807, 2.05) is 19.1 Å². The number of rotatable bonds is 4. The van der Waals surface area contributed by atoms with Crippen LogP contribution in [-0.2, 0) is 6.42 Å². The van der Waals surface area contributed by atoms with Crippen LogP contribution in [0, 0.1) is 18.6 Å². The normalized spacial score (nSPS) is 10.5. The van der Waals surface area contributed by atoms with Crippen molar-refractivity contribution in [3.05, 3.63) is 57.7 Å². The Morgan fingerprint density at radius 2 is 2.00 bits per heavy atom. The SMILES string of the molecule is Cc1nc(NCCc2cc(F)ccc2F)ccc1Br. The molecule has 2 rings (SSSR count). The summed E-state index contributed by atoms with van der Waals surface area (Å²) >= 11 is 3.37. The van der Waals surface area contributed by atoms with Crippen molar-refractivity contribution in [2.24, 2.45) is 0 Å². The predicted octanol–water partition coefficient (Wildman–Crippen LogP) is 4.09. The quantitative estimate of drug-likeness (QED) is 0.915. The highest BCUT2D eigenvalue weighted by atomic mass is 79.9. The molecule has 0 radical (unpaired) electrons. The molecule has 100 valence electrons. The van der Waals surface area contributed by atoms with Gasteiger partial charge in [-0.25, -0.2) is 13.8 Å². The van der Waals surface area contributed by atoms with Crippen molar-refractivity contribution in [1.29, 1.82) is 0 Å². The second-order valence-corrected chi connectivity index (χ2v) is 5.03. The largest absolute Gasteiger partial charge is 0.370 e. The molecule has 2 nitrogen and oxygen atoms in total. The number of anilines is 1. The molecule has 0 bridgehead atoms. The van der Waals surface area contributed by atoms with Crippen molar-refractivity contribution in [2.45, 2.75) is 13.3 Å². The molecule has 0 saturated heterocycles. The predicted molar refractivity (Wildman–Crippen MR) is 75.2 cm³/mol. The zero-order valence-electron chi connectivity index (χ0n) is 10.4. The van der Waals surface area contributed by atoms with Crippen molar-refractivity contribution in [2.75, 3.05) is 11.9 Å². The molecule has 1 N–H and O–H groups in total. The van der Waals surface area contributed by atoms with E-state index >= 15 is 0 Å². The molecule has 0 fully saturated rings. The van der Waals surface area contributed by atoms with Gasteiger partial charge in [0.1, 0.15) is 17.5 Å². The van der Waals surface area contributed by atoms with Crippen LogP contribution in [0.5, 0.6) is 0 Å². The lowest BCUT2D eigenvalue weighted by Crippen LogP contribution is -2.08. The fourth-order valence-electron chi connectivity index (χ4n) is 1.70. The van der Waals surface area contributed by atoms with E-state index < -0.39 is 5.82 Å². The summed E-state index contributed by atoms with van der Waals surface area (Å²) in [6.07, 6.45) is 0.403. The van der Waals surface area contributed by atoms with Gasteiger partial charge in [-0.15, -0.1) is 0 Å². The summed E-state index contributed by atoms with van der Waals surface area (Å²) in [6.45, 7) is 2.38. The molecule has 0 amide bonds. The lowest BCUT2D eigenvalue weighted by atomic mass is 10.1. The van der Waals surface area contributed by atoms with Gasteiger partial charge in [-0.3, -0.25) is 0 Å². The van der Waals surface area contributed by atoms with Crippen molar-refractivity contribution >= 4 is 21.7 Å². The van der Waals surface area contributed by atoms with Crippen LogP contribution in [0.15, 0.2) is 34.8 Å². The van der Waals surface area contributed by atoms with E-state index in [2.05, 4.69) is 26.2 Å². The lowest BCUT2D eigenvalue weighted by Gasteiger charge is -2.08. The lowest BCUT2D eigenvalue weighted by molar-refractivity contribution is 0.586. The van der Waals surface area contributed by atoms with E-state index in [0.717, 1.165) is 28.1 Å². The van der Waals surface area contributed by atoms with E-state index in [4.69, 9.17) is 0 Å². The maximum Gasteiger partial charge on any atom is 0.126 e. The van der Waals surface area contributed by atoms with Crippen LogP contribution >= 0.6 is 15.9 Å². The summed E-state index contributed by atoms with van der Waals surface area (Å²) < 4.78 is 27.3. The Labute approximate surface area is 119 Å². The number of nitrogens with zero attached hydrogens (tertiary/aromatic N) is 1. The zero-order chi connectivity index (χ0) is 13.8. The molecule has 0 aliphatic heterocycles. The first kappa shape index (κ1) is 13.9. The van der Waals surface area contributed by atoms with Crippen LogP contribution in [-0.4, -0.2) is 11.5 Å². The van der Waals surface area contributed by atoms with Gasteiger partial charge in [0.15, 0.2) is 0 Å². The second-order valence-electron chi connectivity index (χ2n) is 4.18. The Balaban J connectivity index is 1.96. The van der Waals surface area contributed by atoms with E-state index in [1.165, 1.54) is 6.07 Å². The Kier molecular flexibility index (Phi) is 4.47. The zero-order valence-corrected chi connectivity index (χ0v) is 12.0. The first-order valence-corrected chi connectivity index (χ1v) is 6.66. The molecule has 0 aliphatic carbocycles. The molecule has 0 unspecified atom stereocenters. The van der Waals surface area contributed by atoms with Crippen molar-refractivity contribution in [3.63, 3.8) is 0 Å². The summed E-state index contributed by atoms with van der Waals surface area (Å²) in [7, 11) is 0. The third-order valence-corrected chi connectivity index (χ3v) is 3.57. The van der Waals surface area contributed by atoms with Gasteiger partial charge < -0.3 is 5.32 Å². The maximum absolute atomic E-state index is 13.4. The van der Waals surface area contributed by atoms with Gasteiger partial charge in [-0.1, -0.05) is 0 Å². The number of nitrogens with one attached hydrogen (secondary N) is 1. The monoisotopic (exact) mass is 326 g/mol. The smallest absolute Gasteiger partial charge is 0.126 e. The molecule has 0 saturated carbocycles. The highest BCUT2D eigenvalue weighted by Crippen LogP contribution is 2.16. The number of benzene rings is 1. The number of pyridine rings is 1. The minimum Gasteiger partial charge on any atom is -0.370 e. The van der Waals surface area contributed by atoms with E-state index in [1.54, 1.807) is 0 Å². The first-order chi connectivity index (χ1) is 9.06. The molecule has 5 heteroatoms. The molecule has 1 aromatic carbocycles. The molecule has 0 spiro atoms. The summed E-state index contributed by atoms with van der Waals surface area (Å²) in [5.41, 5.74) is 1.24. The Bertz CT molecular complexity index is 588. The molecular formula is C14H13BrF2N2. The van der Waals surface area contributed by atoms with E-state index in [-0.39, 0.29) is 5.82 Å². The molecular weight excluding hydrogens is 314 g/mol. The van der Waals surface area contributed by atoms with E-state index in [9.17, 15) is 8.78 Å². The Hall–Kier alpha value is -1.49. The van der Waals surface area contributed by atoms with Gasteiger partial charge in [0.05, 0.1) is 5.69 Å². The third kappa shape index (κ3) is 3.73. The van der Waals surface area contributed by atoms with Crippen LogP contribution in [0.2, 0.25) is 0 Å². The average molecular weight is 327 g/mol. The molecule has 1 aromatic heterocycles. The summed E-state index contributed by atoms with van der Waals surface area (Å²) in [6, 6.07) is 7.21. The highest BCUT2D eigenvalue weighted by molar-refractivity contribution is 9.10. The van der Waals surface area contributed by atoms with Crippen molar-refractivity contribution < 1.29 is 8.78 Å². The standard InChI is InChI=1S/C14H13BrF2N2/c1-9-12(15)3-5-14(19-9)18-7-6-10-8-11(16)2-4-13(10)17/h2-5,8H,6-7H2,1H3,(H,18,19). The number of aromatic nitrogens is 1. The molecule has 19 heavy (non-hydrogen) atoms. The summed E-state index contributed by atoms with van der Waals surface area (Å²) in [5.74, 6) is -0.0883. The number of aryl methyl sites for hydroxylation is 1. The van der Waals surface area contributed by atoms with Crippen LogP contribution in [0.1, 0.15) is 11.3 Å². The van der Waals surface area contributed by atoms with Gasteiger partial charge in [0.2, 0.25) is 0 Å². The summed E-state index contributed by atoms with van der Waals surface area (Å²) in [4.78, 5) is 4.32. The van der Waals surface area contributed by atoms with Crippen LogP contribution in [0.3, 0.4) is 0 Å². The van der Waals surface area contributed by atoms with Gasteiger partial charge in [-0.05, 0) is 65.2 Å². The van der Waals surface area contributed by atoms with Crippen LogP contribution < -0.4 is 5.32 Å².